The molecule has 1 fully saturated rings. The molecule has 0 radical (unpaired) electrons. The molecule has 0 aromatic heterocycles. The second kappa shape index (κ2) is 5.85. The minimum Gasteiger partial charge on any atom is -0.299 e. The Morgan fingerprint density at radius 3 is 1.94 bits per heavy atom. The minimum absolute atomic E-state index is 0.120. The highest BCUT2D eigenvalue weighted by Gasteiger charge is 2.31. The van der Waals surface area contributed by atoms with E-state index >= 15 is 0 Å². The zero-order valence-corrected chi connectivity index (χ0v) is 11.5. The Morgan fingerprint density at radius 1 is 1.00 bits per heavy atom. The Balaban J connectivity index is 2.45. The van der Waals surface area contributed by atoms with Crippen molar-refractivity contribution in [3.05, 3.63) is 0 Å². The predicted octanol–water partition coefficient (Wildman–Crippen LogP) is 2.95. The molecule has 0 amide bonds. The van der Waals surface area contributed by atoms with E-state index in [0.717, 1.165) is 18.6 Å². The number of rotatable bonds is 4. The molecule has 1 saturated heterocycles. The lowest BCUT2D eigenvalue weighted by Crippen LogP contribution is -2.32. The van der Waals surface area contributed by atoms with Crippen molar-refractivity contribution < 1.29 is 9.59 Å². The van der Waals surface area contributed by atoms with Gasteiger partial charge in [-0.3, -0.25) is 9.59 Å². The van der Waals surface area contributed by atoms with Crippen LogP contribution in [0.4, 0.5) is 0 Å². The molecule has 0 spiro atoms. The van der Waals surface area contributed by atoms with E-state index in [4.69, 9.17) is 0 Å². The van der Waals surface area contributed by atoms with Crippen molar-refractivity contribution in [2.75, 3.05) is 5.75 Å². The SMILES string of the molecule is CC(C)C(=O)C1CCC(C(=O)C(C)C)SC1. The summed E-state index contributed by atoms with van der Waals surface area (Å²) >= 11 is 1.68. The number of hydrogen-bond acceptors (Lipinski definition) is 3. The van der Waals surface area contributed by atoms with Crippen molar-refractivity contribution >= 4 is 23.3 Å². The van der Waals surface area contributed by atoms with Crippen LogP contribution in [-0.4, -0.2) is 22.6 Å². The first kappa shape index (κ1) is 13.8. The van der Waals surface area contributed by atoms with Crippen LogP contribution in [0.2, 0.25) is 0 Å². The number of carbonyl (C=O) groups excluding carboxylic acids is 2. The Morgan fingerprint density at radius 2 is 1.56 bits per heavy atom. The van der Waals surface area contributed by atoms with Crippen molar-refractivity contribution in [1.29, 1.82) is 0 Å². The smallest absolute Gasteiger partial charge is 0.148 e. The standard InChI is InChI=1S/C13H22O2S/c1-8(2)12(14)10-5-6-11(16-7-10)13(15)9(3)4/h8-11H,5-7H2,1-4H3. The first-order chi connectivity index (χ1) is 7.43. The van der Waals surface area contributed by atoms with Gasteiger partial charge in [0.15, 0.2) is 0 Å². The van der Waals surface area contributed by atoms with E-state index in [0.29, 0.717) is 11.6 Å². The normalized spacial score (nSPS) is 26.1. The van der Waals surface area contributed by atoms with Gasteiger partial charge in [0.2, 0.25) is 0 Å². The van der Waals surface area contributed by atoms with Gasteiger partial charge in [0.05, 0.1) is 5.25 Å². The molecular formula is C13H22O2S. The Labute approximate surface area is 103 Å². The molecule has 16 heavy (non-hydrogen) atoms. The van der Waals surface area contributed by atoms with E-state index in [2.05, 4.69) is 0 Å². The van der Waals surface area contributed by atoms with Crippen LogP contribution in [0.3, 0.4) is 0 Å². The van der Waals surface area contributed by atoms with Gasteiger partial charge >= 0.3 is 0 Å². The number of ketones is 2. The van der Waals surface area contributed by atoms with Crippen molar-refractivity contribution in [1.82, 2.24) is 0 Å². The maximum Gasteiger partial charge on any atom is 0.148 e. The lowest BCUT2D eigenvalue weighted by molar-refractivity contribution is -0.126. The molecule has 0 aromatic rings. The van der Waals surface area contributed by atoms with Gasteiger partial charge in [0.1, 0.15) is 11.6 Å². The van der Waals surface area contributed by atoms with Crippen LogP contribution < -0.4 is 0 Å². The number of thioether (sulfide) groups is 1. The highest BCUT2D eigenvalue weighted by Crippen LogP contribution is 2.32. The third-order valence-electron chi connectivity index (χ3n) is 3.13. The number of hydrogen-bond donors (Lipinski definition) is 0. The zero-order valence-electron chi connectivity index (χ0n) is 10.7. The average Bonchev–Trinajstić information content (AvgIpc) is 2.27. The molecule has 0 bridgehead atoms. The summed E-state index contributed by atoms with van der Waals surface area (Å²) < 4.78 is 0. The average molecular weight is 242 g/mol. The maximum atomic E-state index is 11.8. The zero-order chi connectivity index (χ0) is 12.3. The predicted molar refractivity (Wildman–Crippen MR) is 68.7 cm³/mol. The van der Waals surface area contributed by atoms with Crippen LogP contribution in [0.15, 0.2) is 0 Å². The van der Waals surface area contributed by atoms with Crippen LogP contribution >= 0.6 is 11.8 Å². The molecule has 0 saturated carbocycles. The molecule has 0 aliphatic carbocycles. The highest BCUT2D eigenvalue weighted by molar-refractivity contribution is 8.00. The van der Waals surface area contributed by atoms with E-state index in [-0.39, 0.29) is 23.0 Å². The summed E-state index contributed by atoms with van der Waals surface area (Å²) in [7, 11) is 0. The van der Waals surface area contributed by atoms with Crippen LogP contribution in [-0.2, 0) is 9.59 Å². The summed E-state index contributed by atoms with van der Waals surface area (Å²) in [5.74, 6) is 1.97. The Bertz CT molecular complexity index is 235. The Kier molecular flexibility index (Phi) is 5.03. The first-order valence-corrected chi connectivity index (χ1v) is 7.17. The minimum atomic E-state index is 0.120. The second-order valence-corrected chi connectivity index (χ2v) is 6.45. The fourth-order valence-corrected chi connectivity index (χ4v) is 3.58. The lowest BCUT2D eigenvalue weighted by Gasteiger charge is -2.28. The monoisotopic (exact) mass is 242 g/mol. The fraction of sp³-hybridized carbons (Fsp3) is 0.846. The summed E-state index contributed by atoms with van der Waals surface area (Å²) in [6.45, 7) is 7.82. The molecular weight excluding hydrogens is 220 g/mol. The topological polar surface area (TPSA) is 34.1 Å². The molecule has 92 valence electrons. The largest absolute Gasteiger partial charge is 0.299 e. The first-order valence-electron chi connectivity index (χ1n) is 6.12. The maximum absolute atomic E-state index is 11.8. The van der Waals surface area contributed by atoms with Gasteiger partial charge in [-0.1, -0.05) is 27.7 Å². The van der Waals surface area contributed by atoms with E-state index in [1.54, 1.807) is 11.8 Å². The number of Topliss-reactive ketones (excluding diaryl/α,β-unsaturated/α-hetero) is 2. The molecule has 2 atom stereocenters. The van der Waals surface area contributed by atoms with Crippen molar-refractivity contribution in [3.8, 4) is 0 Å². The molecule has 1 rings (SSSR count). The van der Waals surface area contributed by atoms with Gasteiger partial charge in [-0.2, -0.15) is 0 Å². The third kappa shape index (κ3) is 3.34. The Hall–Kier alpha value is -0.310. The molecule has 2 nitrogen and oxygen atoms in total. The van der Waals surface area contributed by atoms with Gasteiger partial charge in [-0.15, -0.1) is 11.8 Å². The molecule has 1 heterocycles. The highest BCUT2D eigenvalue weighted by atomic mass is 32.2. The van der Waals surface area contributed by atoms with Gasteiger partial charge < -0.3 is 0 Å². The van der Waals surface area contributed by atoms with E-state index in [9.17, 15) is 9.59 Å². The summed E-state index contributed by atoms with van der Waals surface area (Å²) in [5, 5.41) is 0.135. The van der Waals surface area contributed by atoms with E-state index in [1.165, 1.54) is 0 Å². The summed E-state index contributed by atoms with van der Waals surface area (Å²) in [6.07, 6.45) is 1.78. The van der Waals surface area contributed by atoms with Gasteiger partial charge in [-0.05, 0) is 12.8 Å². The molecule has 1 aliphatic rings. The number of carbonyl (C=O) groups is 2. The summed E-state index contributed by atoms with van der Waals surface area (Å²) in [6, 6.07) is 0. The summed E-state index contributed by atoms with van der Waals surface area (Å²) in [5.41, 5.74) is 0. The molecule has 0 N–H and O–H groups in total. The van der Waals surface area contributed by atoms with Gasteiger partial charge in [-0.25, -0.2) is 0 Å². The quantitative estimate of drug-likeness (QED) is 0.760. The fourth-order valence-electron chi connectivity index (χ4n) is 2.04. The molecule has 1 aliphatic heterocycles. The second-order valence-electron chi connectivity index (χ2n) is 5.21. The van der Waals surface area contributed by atoms with Crippen LogP contribution in [0.5, 0.6) is 0 Å². The van der Waals surface area contributed by atoms with Crippen LogP contribution in [0, 0.1) is 17.8 Å². The van der Waals surface area contributed by atoms with E-state index < -0.39 is 0 Å². The third-order valence-corrected chi connectivity index (χ3v) is 4.60. The van der Waals surface area contributed by atoms with Gasteiger partial charge in [0, 0.05) is 23.5 Å². The summed E-state index contributed by atoms with van der Waals surface area (Å²) in [4.78, 5) is 23.6. The van der Waals surface area contributed by atoms with E-state index in [1.807, 2.05) is 27.7 Å². The van der Waals surface area contributed by atoms with Crippen molar-refractivity contribution in [2.45, 2.75) is 45.8 Å². The van der Waals surface area contributed by atoms with Crippen LogP contribution in [0.1, 0.15) is 40.5 Å². The molecule has 3 heteroatoms. The molecule has 2 unspecified atom stereocenters. The van der Waals surface area contributed by atoms with Crippen molar-refractivity contribution in [2.24, 2.45) is 17.8 Å². The van der Waals surface area contributed by atoms with Crippen molar-refractivity contribution in [3.63, 3.8) is 0 Å². The lowest BCUT2D eigenvalue weighted by atomic mass is 9.90. The van der Waals surface area contributed by atoms with Crippen LogP contribution in [0.25, 0.3) is 0 Å². The molecule has 0 aromatic carbocycles. The van der Waals surface area contributed by atoms with Gasteiger partial charge in [0.25, 0.3) is 0 Å².